The Kier molecular flexibility index (Phi) is 3.60. The lowest BCUT2D eigenvalue weighted by Gasteiger charge is -2.34. The molecule has 0 spiro atoms. The van der Waals surface area contributed by atoms with E-state index in [1.807, 2.05) is 13.0 Å². The van der Waals surface area contributed by atoms with Crippen LogP contribution in [0.5, 0.6) is 0 Å². The summed E-state index contributed by atoms with van der Waals surface area (Å²) in [6.45, 7) is 6.35. The first kappa shape index (κ1) is 14.4. The Labute approximate surface area is 134 Å². The molecule has 0 unspecified atom stereocenters. The highest BCUT2D eigenvalue weighted by molar-refractivity contribution is 5.36. The first-order chi connectivity index (χ1) is 11.2. The molecule has 1 aliphatic heterocycles. The molecule has 0 atom stereocenters. The van der Waals surface area contributed by atoms with Crippen LogP contribution in [0.1, 0.15) is 36.0 Å². The van der Waals surface area contributed by atoms with E-state index in [0.717, 1.165) is 68.8 Å². The molecule has 8 nitrogen and oxygen atoms in total. The van der Waals surface area contributed by atoms with E-state index in [9.17, 15) is 0 Å². The highest BCUT2D eigenvalue weighted by atomic mass is 16.5. The number of hydrogen-bond acceptors (Lipinski definition) is 8. The first-order valence-electron chi connectivity index (χ1n) is 8.08. The predicted octanol–water partition coefficient (Wildman–Crippen LogP) is 0.950. The van der Waals surface area contributed by atoms with Crippen molar-refractivity contribution >= 4 is 11.9 Å². The predicted molar refractivity (Wildman–Crippen MR) is 84.9 cm³/mol. The largest absolute Gasteiger partial charge is 0.368 e. The minimum atomic E-state index is 0.330. The van der Waals surface area contributed by atoms with Crippen LogP contribution in [0.2, 0.25) is 0 Å². The number of piperazine rings is 1. The molecule has 1 aliphatic carbocycles. The molecule has 122 valence electrons. The smallest absolute Gasteiger partial charge is 0.230 e. The van der Waals surface area contributed by atoms with Gasteiger partial charge in [0.2, 0.25) is 11.9 Å². The van der Waals surface area contributed by atoms with Crippen LogP contribution in [0.25, 0.3) is 0 Å². The summed E-state index contributed by atoms with van der Waals surface area (Å²) in [6, 6.07) is 1.99. The van der Waals surface area contributed by atoms with Gasteiger partial charge in [0.1, 0.15) is 5.82 Å². The maximum Gasteiger partial charge on any atom is 0.230 e. The molecule has 0 bridgehead atoms. The second kappa shape index (κ2) is 5.77. The average molecular weight is 315 g/mol. The van der Waals surface area contributed by atoms with Crippen LogP contribution in [-0.4, -0.2) is 51.2 Å². The van der Waals surface area contributed by atoms with Crippen molar-refractivity contribution < 1.29 is 4.52 Å². The van der Waals surface area contributed by atoms with Crippen molar-refractivity contribution in [2.24, 2.45) is 0 Å². The summed E-state index contributed by atoms with van der Waals surface area (Å²) in [5, 5.41) is 3.93. The molecule has 8 heteroatoms. The van der Waals surface area contributed by atoms with E-state index >= 15 is 0 Å². The summed E-state index contributed by atoms with van der Waals surface area (Å²) in [4.78, 5) is 17.7. The van der Waals surface area contributed by atoms with E-state index < -0.39 is 0 Å². The van der Waals surface area contributed by atoms with Crippen LogP contribution in [0.15, 0.2) is 10.6 Å². The van der Waals surface area contributed by atoms with Gasteiger partial charge in [0.25, 0.3) is 0 Å². The highest BCUT2D eigenvalue weighted by Gasteiger charge is 2.29. The molecule has 2 N–H and O–H groups in total. The van der Waals surface area contributed by atoms with Crippen LogP contribution in [-0.2, 0) is 6.54 Å². The second-order valence-corrected chi connectivity index (χ2v) is 6.32. The molecule has 0 amide bonds. The molecular formula is C15H21N7O. The zero-order valence-corrected chi connectivity index (χ0v) is 13.3. The van der Waals surface area contributed by atoms with Gasteiger partial charge in [-0.05, 0) is 19.8 Å². The topological polar surface area (TPSA) is 97.2 Å². The van der Waals surface area contributed by atoms with Crippen LogP contribution < -0.4 is 10.6 Å². The number of hydrogen-bond donors (Lipinski definition) is 1. The fourth-order valence-corrected chi connectivity index (χ4v) is 2.88. The van der Waals surface area contributed by atoms with Crippen molar-refractivity contribution in [3.63, 3.8) is 0 Å². The fourth-order valence-electron chi connectivity index (χ4n) is 2.88. The second-order valence-electron chi connectivity index (χ2n) is 6.32. The molecule has 2 aromatic rings. The normalized spacial score (nSPS) is 19.3. The number of aromatic nitrogens is 4. The summed E-state index contributed by atoms with van der Waals surface area (Å²) in [7, 11) is 0. The lowest BCUT2D eigenvalue weighted by atomic mass is 10.3. The zero-order valence-electron chi connectivity index (χ0n) is 13.3. The molecule has 23 heavy (non-hydrogen) atoms. The van der Waals surface area contributed by atoms with Gasteiger partial charge in [-0.1, -0.05) is 5.16 Å². The van der Waals surface area contributed by atoms with Gasteiger partial charge in [0, 0.05) is 38.2 Å². The summed E-state index contributed by atoms with van der Waals surface area (Å²) < 4.78 is 5.29. The van der Waals surface area contributed by atoms with Crippen molar-refractivity contribution in [2.45, 2.75) is 32.2 Å². The lowest BCUT2D eigenvalue weighted by Crippen LogP contribution is -2.46. The Balaban J connectivity index is 1.39. The molecule has 1 saturated carbocycles. The van der Waals surface area contributed by atoms with Gasteiger partial charge in [-0.15, -0.1) is 0 Å². The lowest BCUT2D eigenvalue weighted by molar-refractivity contribution is 0.218. The zero-order chi connectivity index (χ0) is 15.8. The third kappa shape index (κ3) is 3.26. The Morgan fingerprint density at radius 1 is 1.17 bits per heavy atom. The molecule has 0 aromatic carbocycles. The quantitative estimate of drug-likeness (QED) is 0.890. The van der Waals surface area contributed by atoms with Crippen molar-refractivity contribution in [1.29, 1.82) is 0 Å². The van der Waals surface area contributed by atoms with Gasteiger partial charge < -0.3 is 15.2 Å². The van der Waals surface area contributed by atoms with E-state index in [-0.39, 0.29) is 0 Å². The van der Waals surface area contributed by atoms with E-state index in [1.165, 1.54) is 0 Å². The fraction of sp³-hybridized carbons (Fsp3) is 0.600. The third-order valence-electron chi connectivity index (χ3n) is 4.31. The van der Waals surface area contributed by atoms with Crippen molar-refractivity contribution in [2.75, 3.05) is 36.8 Å². The number of anilines is 2. The number of nitrogens with two attached hydrogens (primary N) is 1. The monoisotopic (exact) mass is 315 g/mol. The standard InChI is InChI=1S/C15H21N7O/c1-10-8-12(23-20-10)9-21-4-6-22(7-5-21)15-18-13(11-2-3-11)17-14(16)19-15/h8,11H,2-7,9H2,1H3,(H2,16,17,18,19). The molecule has 2 aliphatic rings. The van der Waals surface area contributed by atoms with Crippen molar-refractivity contribution in [1.82, 2.24) is 25.0 Å². The van der Waals surface area contributed by atoms with Crippen molar-refractivity contribution in [3.8, 4) is 0 Å². The minimum Gasteiger partial charge on any atom is -0.368 e. The van der Waals surface area contributed by atoms with Gasteiger partial charge in [-0.3, -0.25) is 4.90 Å². The molecule has 3 heterocycles. The van der Waals surface area contributed by atoms with E-state index in [2.05, 4.69) is 29.9 Å². The van der Waals surface area contributed by atoms with E-state index in [0.29, 0.717) is 11.9 Å². The Morgan fingerprint density at radius 2 is 1.96 bits per heavy atom. The number of nitrogen functional groups attached to an aromatic ring is 1. The average Bonchev–Trinajstić information content (AvgIpc) is 3.31. The molecule has 4 rings (SSSR count). The van der Waals surface area contributed by atoms with Gasteiger partial charge in [-0.2, -0.15) is 15.0 Å². The molecule has 1 saturated heterocycles. The van der Waals surface area contributed by atoms with Crippen LogP contribution in [0.4, 0.5) is 11.9 Å². The van der Waals surface area contributed by atoms with Gasteiger partial charge in [0.05, 0.1) is 12.2 Å². The SMILES string of the molecule is Cc1cc(CN2CCN(c3nc(N)nc(C4CC4)n3)CC2)on1. The number of nitrogens with zero attached hydrogens (tertiary/aromatic N) is 6. The Morgan fingerprint density at radius 3 is 2.61 bits per heavy atom. The summed E-state index contributed by atoms with van der Waals surface area (Å²) in [6.07, 6.45) is 2.32. The van der Waals surface area contributed by atoms with Crippen molar-refractivity contribution in [3.05, 3.63) is 23.3 Å². The molecular weight excluding hydrogens is 294 g/mol. The van der Waals surface area contributed by atoms with Gasteiger partial charge in [0.15, 0.2) is 5.76 Å². The Bertz CT molecular complexity index is 689. The maximum absolute atomic E-state index is 5.84. The van der Waals surface area contributed by atoms with Crippen LogP contribution >= 0.6 is 0 Å². The summed E-state index contributed by atoms with van der Waals surface area (Å²) >= 11 is 0. The van der Waals surface area contributed by atoms with Gasteiger partial charge in [-0.25, -0.2) is 0 Å². The van der Waals surface area contributed by atoms with Crippen LogP contribution in [0.3, 0.4) is 0 Å². The maximum atomic E-state index is 5.84. The minimum absolute atomic E-state index is 0.330. The summed E-state index contributed by atoms with van der Waals surface area (Å²) in [5.41, 5.74) is 6.77. The van der Waals surface area contributed by atoms with E-state index in [1.54, 1.807) is 0 Å². The van der Waals surface area contributed by atoms with E-state index in [4.69, 9.17) is 10.3 Å². The third-order valence-corrected chi connectivity index (χ3v) is 4.31. The first-order valence-corrected chi connectivity index (χ1v) is 8.08. The number of aryl methyl sites for hydroxylation is 1. The Hall–Kier alpha value is -2.22. The molecule has 2 aromatic heterocycles. The molecule has 0 radical (unpaired) electrons. The molecule has 2 fully saturated rings. The van der Waals surface area contributed by atoms with Gasteiger partial charge >= 0.3 is 0 Å². The highest BCUT2D eigenvalue weighted by Crippen LogP contribution is 2.38. The number of rotatable bonds is 4. The summed E-state index contributed by atoms with van der Waals surface area (Å²) in [5.74, 6) is 3.30. The van der Waals surface area contributed by atoms with Crippen LogP contribution in [0, 0.1) is 6.92 Å².